The van der Waals surface area contributed by atoms with Gasteiger partial charge in [0.1, 0.15) is 0 Å². The van der Waals surface area contributed by atoms with Crippen molar-refractivity contribution in [1.29, 1.82) is 0 Å². The predicted molar refractivity (Wildman–Crippen MR) is 58.9 cm³/mol. The van der Waals surface area contributed by atoms with Gasteiger partial charge in [-0.15, -0.1) is 12.4 Å². The van der Waals surface area contributed by atoms with Crippen molar-refractivity contribution >= 4 is 12.4 Å². The third kappa shape index (κ3) is 2.67. The van der Waals surface area contributed by atoms with Gasteiger partial charge >= 0.3 is 0 Å². The lowest BCUT2D eigenvalue weighted by atomic mass is 9.87. The molecular weight excluding hydrogens is 220 g/mol. The third-order valence-electron chi connectivity index (χ3n) is 2.68. The van der Waals surface area contributed by atoms with Crippen LogP contribution in [0.5, 0.6) is 0 Å². The first-order chi connectivity index (χ1) is 6.70. The van der Waals surface area contributed by atoms with Crippen LogP contribution in [0.15, 0.2) is 30.3 Å². The van der Waals surface area contributed by atoms with Gasteiger partial charge in [-0.3, -0.25) is 0 Å². The lowest BCUT2D eigenvalue weighted by Gasteiger charge is -2.32. The minimum Gasteiger partial charge on any atom is -0.311 e. The van der Waals surface area contributed by atoms with E-state index < -0.39 is 11.8 Å². The summed E-state index contributed by atoms with van der Waals surface area (Å²) < 4.78 is 27.0. The van der Waals surface area contributed by atoms with Crippen LogP contribution in [0, 0.1) is 0 Å². The van der Waals surface area contributed by atoms with E-state index in [9.17, 15) is 8.78 Å². The van der Waals surface area contributed by atoms with E-state index in [-0.39, 0.29) is 19.0 Å². The fraction of sp³-hybridized carbons (Fsp3) is 0.455. The van der Waals surface area contributed by atoms with Gasteiger partial charge in [0.05, 0.1) is 12.5 Å². The summed E-state index contributed by atoms with van der Waals surface area (Å²) in [7, 11) is 0. The summed E-state index contributed by atoms with van der Waals surface area (Å²) in [6, 6.07) is 9.04. The molecule has 0 bridgehead atoms. The van der Waals surface area contributed by atoms with Gasteiger partial charge < -0.3 is 5.32 Å². The third-order valence-corrected chi connectivity index (χ3v) is 2.68. The molecule has 1 heterocycles. The number of alkyl halides is 2. The minimum absolute atomic E-state index is 0. The van der Waals surface area contributed by atoms with Crippen LogP contribution in [-0.4, -0.2) is 19.0 Å². The molecule has 15 heavy (non-hydrogen) atoms. The van der Waals surface area contributed by atoms with Crippen LogP contribution >= 0.6 is 12.4 Å². The molecule has 1 aromatic carbocycles. The van der Waals surface area contributed by atoms with Crippen molar-refractivity contribution in [3.8, 4) is 0 Å². The minimum atomic E-state index is -2.61. The summed E-state index contributed by atoms with van der Waals surface area (Å²) >= 11 is 0. The van der Waals surface area contributed by atoms with E-state index in [2.05, 4.69) is 5.32 Å². The van der Waals surface area contributed by atoms with Gasteiger partial charge in [0.25, 0.3) is 5.92 Å². The molecule has 2 rings (SSSR count). The Morgan fingerprint density at radius 3 is 2.47 bits per heavy atom. The molecular formula is C11H14ClF2N. The predicted octanol–water partition coefficient (Wildman–Crippen LogP) is 2.82. The summed E-state index contributed by atoms with van der Waals surface area (Å²) in [5, 5.41) is 2.72. The van der Waals surface area contributed by atoms with Crippen molar-refractivity contribution in [3.05, 3.63) is 35.9 Å². The lowest BCUT2D eigenvalue weighted by molar-refractivity contribution is -0.0420. The molecule has 1 aliphatic rings. The highest BCUT2D eigenvalue weighted by Crippen LogP contribution is 2.37. The Hall–Kier alpha value is -0.670. The smallest absolute Gasteiger partial charge is 0.267 e. The van der Waals surface area contributed by atoms with Crippen molar-refractivity contribution in [3.63, 3.8) is 0 Å². The Balaban J connectivity index is 0.00000112. The summed E-state index contributed by atoms with van der Waals surface area (Å²) in [4.78, 5) is 0. The molecule has 1 nitrogen and oxygen atoms in total. The van der Waals surface area contributed by atoms with Crippen LogP contribution in [-0.2, 0) is 0 Å². The number of hydrogen-bond donors (Lipinski definition) is 1. The maximum atomic E-state index is 13.5. The van der Waals surface area contributed by atoms with Gasteiger partial charge in [-0.2, -0.15) is 0 Å². The number of rotatable bonds is 1. The fourth-order valence-corrected chi connectivity index (χ4v) is 1.93. The summed E-state index contributed by atoms with van der Waals surface area (Å²) in [6.45, 7) is 0.474. The summed E-state index contributed by atoms with van der Waals surface area (Å²) in [5.41, 5.74) is 0.749. The Kier molecular flexibility index (Phi) is 4.05. The van der Waals surface area contributed by atoms with Crippen molar-refractivity contribution in [2.24, 2.45) is 0 Å². The lowest BCUT2D eigenvalue weighted by Crippen LogP contribution is -2.44. The first kappa shape index (κ1) is 12.4. The van der Waals surface area contributed by atoms with Gasteiger partial charge in [0.2, 0.25) is 0 Å². The first-order valence-corrected chi connectivity index (χ1v) is 4.83. The van der Waals surface area contributed by atoms with Gasteiger partial charge in [-0.1, -0.05) is 30.3 Å². The van der Waals surface area contributed by atoms with E-state index in [0.29, 0.717) is 13.0 Å². The number of piperidine rings is 1. The molecule has 1 saturated heterocycles. The quantitative estimate of drug-likeness (QED) is 0.787. The SMILES string of the molecule is Cl.FC1(F)CNCCC1c1ccccc1. The highest BCUT2D eigenvalue weighted by molar-refractivity contribution is 5.85. The molecule has 1 atom stereocenters. The molecule has 4 heteroatoms. The molecule has 0 radical (unpaired) electrons. The Bertz CT molecular complexity index is 303. The summed E-state index contributed by atoms with van der Waals surface area (Å²) in [5.74, 6) is -3.23. The maximum Gasteiger partial charge on any atom is 0.267 e. The van der Waals surface area contributed by atoms with Gasteiger partial charge in [-0.25, -0.2) is 8.78 Å². The van der Waals surface area contributed by atoms with Crippen molar-refractivity contribution < 1.29 is 8.78 Å². The van der Waals surface area contributed by atoms with E-state index in [0.717, 1.165) is 5.56 Å². The molecule has 84 valence electrons. The highest BCUT2D eigenvalue weighted by Gasteiger charge is 2.42. The molecule has 1 aromatic rings. The van der Waals surface area contributed by atoms with Gasteiger partial charge in [0.15, 0.2) is 0 Å². The van der Waals surface area contributed by atoms with E-state index in [4.69, 9.17) is 0 Å². The van der Waals surface area contributed by atoms with Crippen molar-refractivity contribution in [2.45, 2.75) is 18.3 Å². The number of benzene rings is 1. The maximum absolute atomic E-state index is 13.5. The van der Waals surface area contributed by atoms with E-state index >= 15 is 0 Å². The zero-order valence-electron chi connectivity index (χ0n) is 8.25. The number of nitrogens with one attached hydrogen (secondary N) is 1. The molecule has 1 fully saturated rings. The summed E-state index contributed by atoms with van der Waals surface area (Å²) in [6.07, 6.45) is 0.511. The van der Waals surface area contributed by atoms with Crippen molar-refractivity contribution in [2.75, 3.05) is 13.1 Å². The van der Waals surface area contributed by atoms with Crippen LogP contribution < -0.4 is 5.32 Å². The molecule has 1 aliphatic heterocycles. The molecule has 1 N–H and O–H groups in total. The molecule has 0 spiro atoms. The largest absolute Gasteiger partial charge is 0.311 e. The Morgan fingerprint density at radius 1 is 1.20 bits per heavy atom. The average molecular weight is 234 g/mol. The van der Waals surface area contributed by atoms with Gasteiger partial charge in [0, 0.05) is 0 Å². The molecule has 0 aromatic heterocycles. The van der Waals surface area contributed by atoms with Crippen LogP contribution in [0.25, 0.3) is 0 Å². The van der Waals surface area contributed by atoms with E-state index in [1.165, 1.54) is 0 Å². The standard InChI is InChI=1S/C11H13F2N.ClH/c12-11(13)8-14-7-6-10(11)9-4-2-1-3-5-9;/h1-5,10,14H,6-8H2;1H. The van der Waals surface area contributed by atoms with Crippen molar-refractivity contribution in [1.82, 2.24) is 5.32 Å². The number of hydrogen-bond acceptors (Lipinski definition) is 1. The normalized spacial score (nSPS) is 24.3. The first-order valence-electron chi connectivity index (χ1n) is 4.83. The van der Waals surface area contributed by atoms with Crippen LogP contribution in [0.2, 0.25) is 0 Å². The monoisotopic (exact) mass is 233 g/mol. The number of halogens is 3. The van der Waals surface area contributed by atoms with Gasteiger partial charge in [-0.05, 0) is 18.5 Å². The molecule has 0 aliphatic carbocycles. The van der Waals surface area contributed by atoms with E-state index in [1.54, 1.807) is 12.1 Å². The average Bonchev–Trinajstić information content (AvgIpc) is 2.18. The molecule has 0 saturated carbocycles. The topological polar surface area (TPSA) is 12.0 Å². The van der Waals surface area contributed by atoms with Crippen LogP contribution in [0.4, 0.5) is 8.78 Å². The van der Waals surface area contributed by atoms with Crippen LogP contribution in [0.3, 0.4) is 0 Å². The zero-order valence-corrected chi connectivity index (χ0v) is 9.07. The fourth-order valence-electron chi connectivity index (χ4n) is 1.93. The Morgan fingerprint density at radius 2 is 1.87 bits per heavy atom. The second-order valence-electron chi connectivity index (χ2n) is 3.69. The van der Waals surface area contributed by atoms with E-state index in [1.807, 2.05) is 18.2 Å². The van der Waals surface area contributed by atoms with Crippen LogP contribution in [0.1, 0.15) is 17.9 Å². The molecule has 0 amide bonds. The molecule has 1 unspecified atom stereocenters. The second kappa shape index (κ2) is 4.90. The highest BCUT2D eigenvalue weighted by atomic mass is 35.5. The zero-order chi connectivity index (χ0) is 10.0. The Labute approximate surface area is 94.3 Å². The second-order valence-corrected chi connectivity index (χ2v) is 3.69.